The lowest BCUT2D eigenvalue weighted by Crippen LogP contribution is -2.06. The van der Waals surface area contributed by atoms with Gasteiger partial charge in [0.15, 0.2) is 11.5 Å². The highest BCUT2D eigenvalue weighted by Crippen LogP contribution is 2.32. The van der Waals surface area contributed by atoms with E-state index in [1.165, 1.54) is 12.1 Å². The molecule has 0 amide bonds. The van der Waals surface area contributed by atoms with Crippen molar-refractivity contribution in [1.29, 1.82) is 0 Å². The molecule has 0 aliphatic rings. The quantitative estimate of drug-likeness (QED) is 0.874. The molecule has 0 radical (unpaired) electrons. The molecule has 0 aromatic heterocycles. The Labute approximate surface area is 123 Å². The zero-order chi connectivity index (χ0) is 15.2. The Bertz CT molecular complexity index is 607. The average Bonchev–Trinajstić information content (AvgIpc) is 2.50. The zero-order valence-corrected chi connectivity index (χ0v) is 12.1. The summed E-state index contributed by atoms with van der Waals surface area (Å²) in [4.78, 5) is 11.0. The van der Waals surface area contributed by atoms with Crippen LogP contribution in [0.25, 0.3) is 0 Å². The first-order chi connectivity index (χ1) is 10.1. The summed E-state index contributed by atoms with van der Waals surface area (Å²) in [5, 5.41) is 9.03. The van der Waals surface area contributed by atoms with Gasteiger partial charge < -0.3 is 14.6 Å². The Morgan fingerprint density at radius 2 is 1.86 bits per heavy atom. The van der Waals surface area contributed by atoms with Crippen LogP contribution in [0.3, 0.4) is 0 Å². The summed E-state index contributed by atoms with van der Waals surface area (Å²) in [5.41, 5.74) is 1.22. The summed E-state index contributed by atoms with van der Waals surface area (Å²) in [6.07, 6.45) is -0.152. The molecule has 2 aromatic rings. The van der Waals surface area contributed by atoms with Gasteiger partial charge in [-0.15, -0.1) is 0 Å². The van der Waals surface area contributed by atoms with E-state index < -0.39 is 5.97 Å². The Hall–Kier alpha value is -2.49. The van der Waals surface area contributed by atoms with Gasteiger partial charge in [-0.2, -0.15) is 0 Å². The molecule has 1 atom stereocenters. The standard InChI is InChI=1S/C17H18O4/c1-3-20-16-11-14(17(18)19)9-10-15(16)21-12(2)13-7-5-4-6-8-13/h4-12H,3H2,1-2H3,(H,18,19). The first-order valence-corrected chi connectivity index (χ1v) is 6.83. The number of benzene rings is 2. The molecular weight excluding hydrogens is 268 g/mol. The van der Waals surface area contributed by atoms with E-state index in [-0.39, 0.29) is 11.7 Å². The van der Waals surface area contributed by atoms with Crippen molar-refractivity contribution in [3.8, 4) is 11.5 Å². The molecule has 0 bridgehead atoms. The maximum atomic E-state index is 11.0. The number of hydrogen-bond donors (Lipinski definition) is 1. The van der Waals surface area contributed by atoms with Crippen molar-refractivity contribution in [3.63, 3.8) is 0 Å². The second kappa shape index (κ2) is 6.79. The van der Waals surface area contributed by atoms with Gasteiger partial charge in [0.05, 0.1) is 12.2 Å². The Kier molecular flexibility index (Phi) is 4.82. The minimum Gasteiger partial charge on any atom is -0.490 e. The van der Waals surface area contributed by atoms with Crippen molar-refractivity contribution in [2.45, 2.75) is 20.0 Å². The molecule has 0 saturated heterocycles. The van der Waals surface area contributed by atoms with Gasteiger partial charge in [0.25, 0.3) is 0 Å². The number of rotatable bonds is 6. The van der Waals surface area contributed by atoms with E-state index in [0.29, 0.717) is 18.1 Å². The lowest BCUT2D eigenvalue weighted by molar-refractivity contribution is 0.0696. The molecule has 4 heteroatoms. The van der Waals surface area contributed by atoms with E-state index in [1.54, 1.807) is 6.07 Å². The fraction of sp³-hybridized carbons (Fsp3) is 0.235. The number of carbonyl (C=O) groups is 1. The van der Waals surface area contributed by atoms with Gasteiger partial charge in [0.2, 0.25) is 0 Å². The molecule has 21 heavy (non-hydrogen) atoms. The molecular formula is C17H18O4. The zero-order valence-electron chi connectivity index (χ0n) is 12.1. The third-order valence-corrected chi connectivity index (χ3v) is 3.06. The van der Waals surface area contributed by atoms with Crippen molar-refractivity contribution in [3.05, 3.63) is 59.7 Å². The van der Waals surface area contributed by atoms with E-state index in [2.05, 4.69) is 0 Å². The predicted molar refractivity (Wildman–Crippen MR) is 80.1 cm³/mol. The summed E-state index contributed by atoms with van der Waals surface area (Å²) in [6.45, 7) is 4.23. The number of carboxylic acids is 1. The maximum Gasteiger partial charge on any atom is 0.335 e. The molecule has 1 N–H and O–H groups in total. The van der Waals surface area contributed by atoms with Crippen LogP contribution in [0.1, 0.15) is 35.9 Å². The first-order valence-electron chi connectivity index (χ1n) is 6.83. The Balaban J connectivity index is 2.24. The van der Waals surface area contributed by atoms with Crippen molar-refractivity contribution in [1.82, 2.24) is 0 Å². The highest BCUT2D eigenvalue weighted by molar-refractivity contribution is 5.88. The lowest BCUT2D eigenvalue weighted by Gasteiger charge is -2.18. The molecule has 0 fully saturated rings. The number of carboxylic acid groups (broad SMARTS) is 1. The highest BCUT2D eigenvalue weighted by atomic mass is 16.5. The predicted octanol–water partition coefficient (Wildman–Crippen LogP) is 3.92. The van der Waals surface area contributed by atoms with Crippen LogP contribution >= 0.6 is 0 Å². The van der Waals surface area contributed by atoms with E-state index in [1.807, 2.05) is 44.2 Å². The topological polar surface area (TPSA) is 55.8 Å². The fourth-order valence-corrected chi connectivity index (χ4v) is 1.99. The number of hydrogen-bond acceptors (Lipinski definition) is 3. The third-order valence-electron chi connectivity index (χ3n) is 3.06. The van der Waals surface area contributed by atoms with Crippen molar-refractivity contribution in [2.24, 2.45) is 0 Å². The Morgan fingerprint density at radius 3 is 2.48 bits per heavy atom. The smallest absolute Gasteiger partial charge is 0.335 e. The fourth-order valence-electron chi connectivity index (χ4n) is 1.99. The van der Waals surface area contributed by atoms with Crippen molar-refractivity contribution in [2.75, 3.05) is 6.61 Å². The molecule has 4 nitrogen and oxygen atoms in total. The van der Waals surface area contributed by atoms with Gasteiger partial charge in [0.1, 0.15) is 6.10 Å². The second-order valence-electron chi connectivity index (χ2n) is 4.57. The van der Waals surface area contributed by atoms with Crippen LogP contribution in [0, 0.1) is 0 Å². The van der Waals surface area contributed by atoms with E-state index in [4.69, 9.17) is 14.6 Å². The van der Waals surface area contributed by atoms with Gasteiger partial charge in [-0.3, -0.25) is 0 Å². The van der Waals surface area contributed by atoms with Gasteiger partial charge >= 0.3 is 5.97 Å². The summed E-state index contributed by atoms with van der Waals surface area (Å²) in [6, 6.07) is 14.4. The molecule has 1 unspecified atom stereocenters. The molecule has 110 valence electrons. The summed E-state index contributed by atoms with van der Waals surface area (Å²) < 4.78 is 11.4. The van der Waals surface area contributed by atoms with Crippen LogP contribution in [0.2, 0.25) is 0 Å². The number of ether oxygens (including phenoxy) is 2. The van der Waals surface area contributed by atoms with E-state index in [9.17, 15) is 4.79 Å². The second-order valence-corrected chi connectivity index (χ2v) is 4.57. The summed E-state index contributed by atoms with van der Waals surface area (Å²) >= 11 is 0. The molecule has 0 spiro atoms. The van der Waals surface area contributed by atoms with E-state index in [0.717, 1.165) is 5.56 Å². The van der Waals surface area contributed by atoms with Crippen molar-refractivity contribution < 1.29 is 19.4 Å². The molecule has 0 saturated carbocycles. The van der Waals surface area contributed by atoms with Crippen LogP contribution in [0.5, 0.6) is 11.5 Å². The minimum atomic E-state index is -0.987. The average molecular weight is 286 g/mol. The maximum absolute atomic E-state index is 11.0. The molecule has 2 rings (SSSR count). The summed E-state index contributed by atoms with van der Waals surface area (Å²) in [5.74, 6) is -0.00278. The number of aromatic carboxylic acids is 1. The lowest BCUT2D eigenvalue weighted by atomic mass is 10.1. The third kappa shape index (κ3) is 3.75. The SMILES string of the molecule is CCOc1cc(C(=O)O)ccc1OC(C)c1ccccc1. The molecule has 2 aromatic carbocycles. The minimum absolute atomic E-state index is 0.152. The van der Waals surface area contributed by atoms with Crippen LogP contribution in [0.4, 0.5) is 0 Å². The van der Waals surface area contributed by atoms with Crippen LogP contribution in [-0.4, -0.2) is 17.7 Å². The van der Waals surface area contributed by atoms with E-state index >= 15 is 0 Å². The Morgan fingerprint density at radius 1 is 1.14 bits per heavy atom. The van der Waals surface area contributed by atoms with Crippen LogP contribution < -0.4 is 9.47 Å². The molecule has 0 heterocycles. The van der Waals surface area contributed by atoms with Crippen LogP contribution in [-0.2, 0) is 0 Å². The normalized spacial score (nSPS) is 11.7. The van der Waals surface area contributed by atoms with Gasteiger partial charge in [-0.1, -0.05) is 30.3 Å². The van der Waals surface area contributed by atoms with Crippen molar-refractivity contribution >= 4 is 5.97 Å². The monoisotopic (exact) mass is 286 g/mol. The molecule has 0 aliphatic heterocycles. The van der Waals surface area contributed by atoms with Gasteiger partial charge in [0, 0.05) is 0 Å². The highest BCUT2D eigenvalue weighted by Gasteiger charge is 2.14. The largest absolute Gasteiger partial charge is 0.490 e. The van der Waals surface area contributed by atoms with Gasteiger partial charge in [-0.05, 0) is 37.6 Å². The first kappa shape index (κ1) is 14.9. The summed E-state index contributed by atoms with van der Waals surface area (Å²) in [7, 11) is 0. The van der Waals surface area contributed by atoms with Gasteiger partial charge in [-0.25, -0.2) is 4.79 Å². The molecule has 0 aliphatic carbocycles. The van der Waals surface area contributed by atoms with Crippen LogP contribution in [0.15, 0.2) is 48.5 Å².